The summed E-state index contributed by atoms with van der Waals surface area (Å²) in [7, 11) is 0. The smallest absolute Gasteiger partial charge is 0.134 e. The summed E-state index contributed by atoms with van der Waals surface area (Å²) in [5.41, 5.74) is 0.966. The van der Waals surface area contributed by atoms with Crippen LogP contribution in [0.25, 0.3) is 11.0 Å². The van der Waals surface area contributed by atoms with Crippen molar-refractivity contribution in [1.82, 2.24) is 5.32 Å². The number of furan rings is 1. The molecular formula is C14H19NOS. The summed E-state index contributed by atoms with van der Waals surface area (Å²) in [6.07, 6.45) is 2.14. The molecule has 0 atom stereocenters. The third-order valence-corrected chi connectivity index (χ3v) is 4.13. The molecule has 0 spiro atoms. The number of fused-ring (bicyclic) bond motifs is 1. The Morgan fingerprint density at radius 2 is 2.06 bits per heavy atom. The first-order valence-corrected chi connectivity index (χ1v) is 7.06. The highest BCUT2D eigenvalue weighted by atomic mass is 32.2. The van der Waals surface area contributed by atoms with E-state index in [-0.39, 0.29) is 4.75 Å². The second kappa shape index (κ2) is 5.15. The number of thioether (sulfide) groups is 1. The highest BCUT2D eigenvalue weighted by Gasteiger charge is 2.15. The van der Waals surface area contributed by atoms with Crippen LogP contribution < -0.4 is 5.32 Å². The van der Waals surface area contributed by atoms with Crippen LogP contribution in [-0.4, -0.2) is 17.5 Å². The van der Waals surface area contributed by atoms with E-state index in [4.69, 9.17) is 4.42 Å². The van der Waals surface area contributed by atoms with Gasteiger partial charge in [-0.2, -0.15) is 11.8 Å². The van der Waals surface area contributed by atoms with Crippen LogP contribution in [0.1, 0.15) is 19.6 Å². The number of para-hydroxylation sites is 1. The molecule has 2 nitrogen and oxygen atoms in total. The van der Waals surface area contributed by atoms with Crippen LogP contribution in [0.2, 0.25) is 0 Å². The average molecular weight is 249 g/mol. The molecule has 0 unspecified atom stereocenters. The third kappa shape index (κ3) is 3.27. The number of hydrogen-bond acceptors (Lipinski definition) is 3. The van der Waals surface area contributed by atoms with Crippen LogP contribution in [0.5, 0.6) is 0 Å². The minimum absolute atomic E-state index is 0.270. The Balaban J connectivity index is 1.95. The zero-order valence-electron chi connectivity index (χ0n) is 10.6. The molecule has 0 saturated carbocycles. The fourth-order valence-electron chi connectivity index (χ4n) is 1.68. The lowest BCUT2D eigenvalue weighted by atomic mass is 10.2. The van der Waals surface area contributed by atoms with Gasteiger partial charge in [-0.25, -0.2) is 0 Å². The molecular weight excluding hydrogens is 230 g/mol. The van der Waals surface area contributed by atoms with Crippen LogP contribution in [-0.2, 0) is 6.54 Å². The Hall–Kier alpha value is -0.930. The number of rotatable bonds is 5. The third-order valence-electron chi connectivity index (χ3n) is 2.88. The van der Waals surface area contributed by atoms with Crippen LogP contribution in [0.4, 0.5) is 0 Å². The highest BCUT2D eigenvalue weighted by Crippen LogP contribution is 2.21. The van der Waals surface area contributed by atoms with E-state index in [1.807, 2.05) is 30.0 Å². The van der Waals surface area contributed by atoms with Crippen molar-refractivity contribution in [2.75, 3.05) is 12.8 Å². The molecule has 17 heavy (non-hydrogen) atoms. The maximum Gasteiger partial charge on any atom is 0.134 e. The molecule has 0 aliphatic carbocycles. The van der Waals surface area contributed by atoms with Gasteiger partial charge in [0.2, 0.25) is 0 Å². The summed E-state index contributed by atoms with van der Waals surface area (Å²) < 4.78 is 6.02. The van der Waals surface area contributed by atoms with E-state index in [1.54, 1.807) is 0 Å². The lowest BCUT2D eigenvalue weighted by molar-refractivity contribution is 0.498. The first-order valence-electron chi connectivity index (χ1n) is 5.84. The molecule has 1 heterocycles. The van der Waals surface area contributed by atoms with Crippen LogP contribution in [0, 0.1) is 0 Å². The van der Waals surface area contributed by atoms with E-state index in [1.165, 1.54) is 5.39 Å². The standard InChI is InChI=1S/C14H19NOS/c1-14(2,17-3)10-15-9-12-8-11-6-4-5-7-13(11)16-12/h4-8,15H,9-10H2,1-3H3. The van der Waals surface area contributed by atoms with Crippen molar-refractivity contribution in [3.05, 3.63) is 36.1 Å². The second-order valence-electron chi connectivity index (χ2n) is 4.82. The van der Waals surface area contributed by atoms with E-state index < -0.39 is 0 Å². The van der Waals surface area contributed by atoms with E-state index >= 15 is 0 Å². The Bertz CT molecular complexity index is 457. The lowest BCUT2D eigenvalue weighted by Gasteiger charge is -2.21. The van der Waals surface area contributed by atoms with Crippen molar-refractivity contribution in [1.29, 1.82) is 0 Å². The average Bonchev–Trinajstić information content (AvgIpc) is 2.71. The Morgan fingerprint density at radius 3 is 2.76 bits per heavy atom. The normalized spacial score (nSPS) is 12.2. The fourth-order valence-corrected chi connectivity index (χ4v) is 1.93. The van der Waals surface area contributed by atoms with Gasteiger partial charge in [0.1, 0.15) is 11.3 Å². The van der Waals surface area contributed by atoms with Crippen LogP contribution in [0.15, 0.2) is 34.7 Å². The van der Waals surface area contributed by atoms with Gasteiger partial charge in [-0.05, 0) is 32.2 Å². The largest absolute Gasteiger partial charge is 0.460 e. The van der Waals surface area contributed by atoms with Gasteiger partial charge in [0.05, 0.1) is 6.54 Å². The minimum atomic E-state index is 0.270. The van der Waals surface area contributed by atoms with Crippen molar-refractivity contribution >= 4 is 22.7 Å². The van der Waals surface area contributed by atoms with Crippen molar-refractivity contribution in [2.24, 2.45) is 0 Å². The monoisotopic (exact) mass is 249 g/mol. The molecule has 0 radical (unpaired) electrons. The molecule has 0 saturated heterocycles. The predicted molar refractivity (Wildman–Crippen MR) is 75.5 cm³/mol. The van der Waals surface area contributed by atoms with E-state index in [9.17, 15) is 0 Å². The zero-order chi connectivity index (χ0) is 12.3. The van der Waals surface area contributed by atoms with Crippen LogP contribution in [0.3, 0.4) is 0 Å². The van der Waals surface area contributed by atoms with Gasteiger partial charge in [-0.15, -0.1) is 0 Å². The number of hydrogen-bond donors (Lipinski definition) is 1. The van der Waals surface area contributed by atoms with Gasteiger partial charge in [0, 0.05) is 16.7 Å². The van der Waals surface area contributed by atoms with E-state index in [0.29, 0.717) is 0 Å². The van der Waals surface area contributed by atoms with Crippen LogP contribution >= 0.6 is 11.8 Å². The van der Waals surface area contributed by atoms with Gasteiger partial charge in [-0.3, -0.25) is 0 Å². The molecule has 1 aromatic carbocycles. The molecule has 1 aromatic heterocycles. The summed E-state index contributed by atoms with van der Waals surface area (Å²) in [5, 5.41) is 4.61. The summed E-state index contributed by atoms with van der Waals surface area (Å²) in [6.45, 7) is 6.25. The van der Waals surface area contributed by atoms with E-state index in [2.05, 4.69) is 37.6 Å². The SMILES string of the molecule is CSC(C)(C)CNCc1cc2ccccc2o1. The molecule has 2 aromatic rings. The summed E-state index contributed by atoms with van der Waals surface area (Å²) in [6, 6.07) is 10.2. The zero-order valence-corrected chi connectivity index (χ0v) is 11.4. The van der Waals surface area contributed by atoms with Crippen molar-refractivity contribution in [3.8, 4) is 0 Å². The Labute approximate surface area is 107 Å². The summed E-state index contributed by atoms with van der Waals surface area (Å²) in [4.78, 5) is 0. The number of nitrogens with one attached hydrogen (secondary N) is 1. The number of benzene rings is 1. The van der Waals surface area contributed by atoms with Crippen molar-refractivity contribution < 1.29 is 4.42 Å². The first kappa shape index (κ1) is 12.5. The quantitative estimate of drug-likeness (QED) is 0.875. The first-order chi connectivity index (χ1) is 8.11. The molecule has 1 N–H and O–H groups in total. The topological polar surface area (TPSA) is 25.2 Å². The minimum Gasteiger partial charge on any atom is -0.460 e. The molecule has 0 bridgehead atoms. The van der Waals surface area contributed by atoms with Crippen molar-refractivity contribution in [3.63, 3.8) is 0 Å². The second-order valence-corrected chi connectivity index (χ2v) is 6.33. The van der Waals surface area contributed by atoms with Gasteiger partial charge in [0.25, 0.3) is 0 Å². The van der Waals surface area contributed by atoms with Gasteiger partial charge in [-0.1, -0.05) is 18.2 Å². The molecule has 0 fully saturated rings. The molecule has 2 rings (SSSR count). The maximum absolute atomic E-state index is 5.75. The molecule has 3 heteroatoms. The van der Waals surface area contributed by atoms with Gasteiger partial charge < -0.3 is 9.73 Å². The summed E-state index contributed by atoms with van der Waals surface area (Å²) in [5.74, 6) is 1.00. The van der Waals surface area contributed by atoms with E-state index in [0.717, 1.165) is 24.4 Å². The maximum atomic E-state index is 5.75. The summed E-state index contributed by atoms with van der Waals surface area (Å²) >= 11 is 1.87. The van der Waals surface area contributed by atoms with Gasteiger partial charge in [0.15, 0.2) is 0 Å². The fraction of sp³-hybridized carbons (Fsp3) is 0.429. The Kier molecular flexibility index (Phi) is 3.79. The molecule has 0 aliphatic heterocycles. The predicted octanol–water partition coefficient (Wildman–Crippen LogP) is 3.66. The highest BCUT2D eigenvalue weighted by molar-refractivity contribution is 7.99. The van der Waals surface area contributed by atoms with Gasteiger partial charge >= 0.3 is 0 Å². The lowest BCUT2D eigenvalue weighted by Crippen LogP contribution is -2.31. The van der Waals surface area contributed by atoms with Crippen molar-refractivity contribution in [2.45, 2.75) is 25.1 Å². The Morgan fingerprint density at radius 1 is 1.29 bits per heavy atom. The molecule has 0 amide bonds. The molecule has 92 valence electrons. The molecule has 0 aliphatic rings.